The lowest BCUT2D eigenvalue weighted by Crippen LogP contribution is -2.30. The third-order valence-electron chi connectivity index (χ3n) is 5.80. The van der Waals surface area contributed by atoms with Crippen LogP contribution >= 0.6 is 0 Å². The van der Waals surface area contributed by atoms with E-state index in [-0.39, 0.29) is 0 Å². The van der Waals surface area contributed by atoms with Crippen molar-refractivity contribution in [1.29, 1.82) is 0 Å². The van der Waals surface area contributed by atoms with Crippen LogP contribution in [0.15, 0.2) is 48.5 Å². The van der Waals surface area contributed by atoms with E-state index in [1.165, 1.54) is 38.8 Å². The minimum absolute atomic E-state index is 0.431. The standard InChI is InChI=1S/C14H32N2.2C7H8N2O/c1-6-13(4)15-10-8-9-12(3)11-16-14(5)7-2;2*8-6-3-1-5(2-4-6)7(9)10/h12-16H,6-11H2,1-5H3;2*1-4H,8H2,(H2,9,10). The van der Waals surface area contributed by atoms with Gasteiger partial charge in [0.05, 0.1) is 0 Å². The normalized spacial score (nSPS) is 12.7. The van der Waals surface area contributed by atoms with Crippen LogP contribution in [0.4, 0.5) is 11.4 Å². The molecule has 2 rings (SSSR count). The number of carbonyl (C=O) groups is 2. The summed E-state index contributed by atoms with van der Waals surface area (Å²) < 4.78 is 0. The van der Waals surface area contributed by atoms with Crippen LogP contribution in [0.1, 0.15) is 81.0 Å². The molecule has 0 radical (unpaired) electrons. The third kappa shape index (κ3) is 16.5. The van der Waals surface area contributed by atoms with E-state index in [0.717, 1.165) is 5.92 Å². The summed E-state index contributed by atoms with van der Waals surface area (Å²) in [5.74, 6) is -0.0623. The number of hydrogen-bond acceptors (Lipinski definition) is 6. The van der Waals surface area contributed by atoms with Crippen molar-refractivity contribution in [3.8, 4) is 0 Å². The van der Waals surface area contributed by atoms with Gasteiger partial charge >= 0.3 is 0 Å². The van der Waals surface area contributed by atoms with Crippen molar-refractivity contribution in [2.45, 2.75) is 72.4 Å². The molecule has 2 amide bonds. The zero-order chi connectivity index (χ0) is 27.5. The highest BCUT2D eigenvalue weighted by Crippen LogP contribution is 2.05. The molecule has 0 spiro atoms. The van der Waals surface area contributed by atoms with Gasteiger partial charge in [0, 0.05) is 34.6 Å². The predicted octanol–water partition coefficient (Wildman–Crippen LogP) is 3.91. The van der Waals surface area contributed by atoms with Crippen molar-refractivity contribution in [2.75, 3.05) is 24.6 Å². The first-order chi connectivity index (χ1) is 17.0. The van der Waals surface area contributed by atoms with E-state index in [1.807, 2.05) is 0 Å². The van der Waals surface area contributed by atoms with Crippen molar-refractivity contribution in [2.24, 2.45) is 17.4 Å². The number of nitrogen functional groups attached to an aromatic ring is 2. The van der Waals surface area contributed by atoms with Crippen LogP contribution in [0.3, 0.4) is 0 Å². The Bertz CT molecular complexity index is 800. The van der Waals surface area contributed by atoms with Gasteiger partial charge in [-0.2, -0.15) is 0 Å². The molecule has 0 aliphatic heterocycles. The van der Waals surface area contributed by atoms with Crippen LogP contribution in [0.25, 0.3) is 0 Å². The summed E-state index contributed by atoms with van der Waals surface area (Å²) >= 11 is 0. The molecule has 2 aromatic carbocycles. The van der Waals surface area contributed by atoms with Gasteiger partial charge in [0.25, 0.3) is 0 Å². The van der Waals surface area contributed by atoms with Crippen LogP contribution in [0.2, 0.25) is 0 Å². The van der Waals surface area contributed by atoms with Crippen LogP contribution in [-0.2, 0) is 0 Å². The monoisotopic (exact) mass is 500 g/mol. The molecule has 202 valence electrons. The van der Waals surface area contributed by atoms with Gasteiger partial charge in [-0.1, -0.05) is 20.8 Å². The van der Waals surface area contributed by atoms with Crippen LogP contribution in [0.5, 0.6) is 0 Å². The van der Waals surface area contributed by atoms with Crippen molar-refractivity contribution >= 4 is 23.2 Å². The lowest BCUT2D eigenvalue weighted by molar-refractivity contribution is 0.0992. The highest BCUT2D eigenvalue weighted by molar-refractivity contribution is 5.93. The van der Waals surface area contributed by atoms with Gasteiger partial charge < -0.3 is 33.6 Å². The molecule has 8 nitrogen and oxygen atoms in total. The number of nitrogens with one attached hydrogen (secondary N) is 2. The second kappa shape index (κ2) is 19.1. The summed E-state index contributed by atoms with van der Waals surface area (Å²) in [7, 11) is 0. The van der Waals surface area contributed by atoms with Gasteiger partial charge in [-0.15, -0.1) is 0 Å². The Labute approximate surface area is 217 Å². The molecule has 0 saturated carbocycles. The van der Waals surface area contributed by atoms with Gasteiger partial charge in [0.2, 0.25) is 11.8 Å². The Hall–Kier alpha value is -3.10. The maximum absolute atomic E-state index is 10.5. The number of primary amides is 2. The minimum Gasteiger partial charge on any atom is -0.399 e. The molecule has 0 saturated heterocycles. The smallest absolute Gasteiger partial charge is 0.248 e. The van der Waals surface area contributed by atoms with Gasteiger partial charge in [0.1, 0.15) is 0 Å². The lowest BCUT2D eigenvalue weighted by Gasteiger charge is -2.17. The zero-order valence-corrected chi connectivity index (χ0v) is 22.7. The molecule has 10 N–H and O–H groups in total. The average Bonchev–Trinajstić information content (AvgIpc) is 2.86. The van der Waals surface area contributed by atoms with E-state index in [9.17, 15) is 9.59 Å². The molecule has 3 unspecified atom stereocenters. The maximum Gasteiger partial charge on any atom is 0.248 e. The number of anilines is 2. The SMILES string of the molecule is CCC(C)NCCCC(C)CNC(C)CC.NC(=O)c1ccc(N)cc1.NC(=O)c1ccc(N)cc1. The molecule has 3 atom stereocenters. The van der Waals surface area contributed by atoms with Crippen molar-refractivity contribution in [3.63, 3.8) is 0 Å². The molecule has 0 bridgehead atoms. The Morgan fingerprint density at radius 1 is 0.722 bits per heavy atom. The van der Waals surface area contributed by atoms with Gasteiger partial charge in [-0.05, 0) is 107 Å². The quantitative estimate of drug-likeness (QED) is 0.191. The molecular formula is C28H48N6O2. The fraction of sp³-hybridized carbons (Fsp3) is 0.500. The fourth-order valence-corrected chi connectivity index (χ4v) is 2.89. The van der Waals surface area contributed by atoms with E-state index in [2.05, 4.69) is 45.3 Å². The molecule has 36 heavy (non-hydrogen) atoms. The lowest BCUT2D eigenvalue weighted by atomic mass is 10.0. The molecule has 2 aromatic rings. The Kier molecular flexibility index (Phi) is 17.5. The number of amides is 2. The first-order valence-electron chi connectivity index (χ1n) is 12.8. The Morgan fingerprint density at radius 2 is 1.11 bits per heavy atom. The summed E-state index contributed by atoms with van der Waals surface area (Å²) in [5.41, 5.74) is 22.9. The van der Waals surface area contributed by atoms with Gasteiger partial charge in [-0.25, -0.2) is 0 Å². The molecule has 8 heteroatoms. The molecular weight excluding hydrogens is 452 g/mol. The summed E-state index contributed by atoms with van der Waals surface area (Å²) in [6, 6.07) is 14.3. The Balaban J connectivity index is 0.000000532. The van der Waals surface area contributed by atoms with Gasteiger partial charge in [0.15, 0.2) is 0 Å². The predicted molar refractivity (Wildman–Crippen MR) is 153 cm³/mol. The number of nitrogens with two attached hydrogens (primary N) is 4. The first-order valence-corrected chi connectivity index (χ1v) is 12.8. The fourth-order valence-electron chi connectivity index (χ4n) is 2.89. The van der Waals surface area contributed by atoms with Crippen LogP contribution < -0.4 is 33.6 Å². The third-order valence-corrected chi connectivity index (χ3v) is 5.80. The number of hydrogen-bond donors (Lipinski definition) is 6. The van der Waals surface area contributed by atoms with Crippen molar-refractivity contribution in [3.05, 3.63) is 59.7 Å². The average molecular weight is 501 g/mol. The second-order valence-electron chi connectivity index (χ2n) is 9.20. The summed E-state index contributed by atoms with van der Waals surface area (Å²) in [5, 5.41) is 7.12. The number of rotatable bonds is 12. The Morgan fingerprint density at radius 3 is 1.47 bits per heavy atom. The first kappa shape index (κ1) is 32.9. The second-order valence-corrected chi connectivity index (χ2v) is 9.20. The zero-order valence-electron chi connectivity index (χ0n) is 22.7. The van der Waals surface area contributed by atoms with E-state index < -0.39 is 11.8 Å². The molecule has 0 aliphatic carbocycles. The van der Waals surface area contributed by atoms with E-state index >= 15 is 0 Å². The highest BCUT2D eigenvalue weighted by atomic mass is 16.1. The topological polar surface area (TPSA) is 162 Å². The highest BCUT2D eigenvalue weighted by Gasteiger charge is 2.04. The van der Waals surface area contributed by atoms with Crippen LogP contribution in [0, 0.1) is 5.92 Å². The van der Waals surface area contributed by atoms with E-state index in [4.69, 9.17) is 22.9 Å². The maximum atomic E-state index is 10.5. The van der Waals surface area contributed by atoms with E-state index in [0.29, 0.717) is 34.6 Å². The molecule has 0 aromatic heterocycles. The number of carbonyl (C=O) groups excluding carboxylic acids is 2. The van der Waals surface area contributed by atoms with Crippen molar-refractivity contribution in [1.82, 2.24) is 10.6 Å². The van der Waals surface area contributed by atoms with E-state index in [1.54, 1.807) is 48.5 Å². The van der Waals surface area contributed by atoms with Crippen molar-refractivity contribution < 1.29 is 9.59 Å². The summed E-state index contributed by atoms with van der Waals surface area (Å²) in [4.78, 5) is 21.0. The molecule has 0 fully saturated rings. The minimum atomic E-state index is -0.431. The number of benzene rings is 2. The molecule has 0 aliphatic rings. The summed E-state index contributed by atoms with van der Waals surface area (Å²) in [6.07, 6.45) is 5.08. The molecule has 0 heterocycles. The van der Waals surface area contributed by atoms with Crippen LogP contribution in [-0.4, -0.2) is 37.0 Å². The summed E-state index contributed by atoms with van der Waals surface area (Å²) in [6.45, 7) is 13.7. The largest absolute Gasteiger partial charge is 0.399 e. The van der Waals surface area contributed by atoms with Gasteiger partial charge in [-0.3, -0.25) is 9.59 Å².